The van der Waals surface area contributed by atoms with Gasteiger partial charge in [0, 0.05) is 32.4 Å². The third-order valence-corrected chi connectivity index (χ3v) is 4.14. The average molecular weight is 374 g/mol. The number of nitrogens with zero attached hydrogens (tertiary/aromatic N) is 5. The number of methoxy groups -OCH3 is 1. The van der Waals surface area contributed by atoms with Crippen molar-refractivity contribution < 1.29 is 17.9 Å². The van der Waals surface area contributed by atoms with Gasteiger partial charge in [-0.25, -0.2) is 15.0 Å². The van der Waals surface area contributed by atoms with Crippen LogP contribution >= 0.6 is 11.6 Å². The Balaban J connectivity index is 1.67. The molecule has 134 valence electrons. The lowest BCUT2D eigenvalue weighted by molar-refractivity contribution is -0.137. The van der Waals surface area contributed by atoms with E-state index in [1.807, 2.05) is 9.80 Å². The van der Waals surface area contributed by atoms with Crippen molar-refractivity contribution in [2.24, 2.45) is 0 Å². The quantitative estimate of drug-likeness (QED) is 0.824. The lowest BCUT2D eigenvalue weighted by Gasteiger charge is -2.35. The maximum Gasteiger partial charge on any atom is 0.417 e. The minimum atomic E-state index is -4.46. The first-order valence-corrected chi connectivity index (χ1v) is 7.85. The molecule has 0 N–H and O–H groups in total. The standard InChI is InChI=1S/C15H15ClF3N5O/c1-25-11-8-21-14(22-9-11)24-4-2-23(3-5-24)13-12(16)6-10(7-20-13)15(17,18)19/h6-9H,2-5H2,1H3. The molecule has 2 aromatic heterocycles. The number of rotatable bonds is 3. The molecule has 1 aliphatic heterocycles. The van der Waals surface area contributed by atoms with Gasteiger partial charge in [-0.2, -0.15) is 13.2 Å². The third kappa shape index (κ3) is 3.87. The highest BCUT2D eigenvalue weighted by molar-refractivity contribution is 6.33. The molecule has 1 aliphatic rings. The summed E-state index contributed by atoms with van der Waals surface area (Å²) in [5.41, 5.74) is -0.855. The Bertz CT molecular complexity index is 733. The van der Waals surface area contributed by atoms with Gasteiger partial charge in [-0.1, -0.05) is 11.6 Å². The van der Waals surface area contributed by atoms with Crippen molar-refractivity contribution in [1.82, 2.24) is 15.0 Å². The summed E-state index contributed by atoms with van der Waals surface area (Å²) in [5, 5.41) is -0.0102. The largest absolute Gasteiger partial charge is 0.494 e. The SMILES string of the molecule is COc1cnc(N2CCN(c3ncc(C(F)(F)F)cc3Cl)CC2)nc1. The molecule has 2 aromatic rings. The molecule has 0 saturated carbocycles. The predicted molar refractivity (Wildman–Crippen MR) is 87.3 cm³/mol. The number of anilines is 2. The zero-order valence-corrected chi connectivity index (χ0v) is 14.0. The smallest absolute Gasteiger partial charge is 0.417 e. The van der Waals surface area contributed by atoms with Crippen LogP contribution in [0, 0.1) is 0 Å². The molecule has 10 heteroatoms. The van der Waals surface area contributed by atoms with E-state index in [-0.39, 0.29) is 5.02 Å². The number of pyridine rings is 1. The normalized spacial score (nSPS) is 15.4. The molecule has 1 fully saturated rings. The van der Waals surface area contributed by atoms with Crippen LogP contribution < -0.4 is 14.5 Å². The van der Waals surface area contributed by atoms with Gasteiger partial charge in [0.25, 0.3) is 0 Å². The van der Waals surface area contributed by atoms with Crippen LogP contribution in [0.3, 0.4) is 0 Å². The van der Waals surface area contributed by atoms with Crippen molar-refractivity contribution in [1.29, 1.82) is 0 Å². The fourth-order valence-electron chi connectivity index (χ4n) is 2.51. The van der Waals surface area contributed by atoms with Gasteiger partial charge in [0.05, 0.1) is 30.1 Å². The maximum absolute atomic E-state index is 12.7. The van der Waals surface area contributed by atoms with Gasteiger partial charge in [-0.3, -0.25) is 0 Å². The second-order valence-electron chi connectivity index (χ2n) is 5.42. The molecule has 0 amide bonds. The van der Waals surface area contributed by atoms with E-state index < -0.39 is 11.7 Å². The van der Waals surface area contributed by atoms with Gasteiger partial charge in [-0.15, -0.1) is 0 Å². The van der Waals surface area contributed by atoms with Gasteiger partial charge in [-0.05, 0) is 6.07 Å². The van der Waals surface area contributed by atoms with Crippen LogP contribution in [0.15, 0.2) is 24.7 Å². The first-order valence-electron chi connectivity index (χ1n) is 7.47. The highest BCUT2D eigenvalue weighted by atomic mass is 35.5. The summed E-state index contributed by atoms with van der Waals surface area (Å²) in [6, 6.07) is 0.906. The number of alkyl halides is 3. The second-order valence-corrected chi connectivity index (χ2v) is 5.83. The van der Waals surface area contributed by atoms with Gasteiger partial charge >= 0.3 is 6.18 Å². The van der Waals surface area contributed by atoms with Crippen LogP contribution in [0.1, 0.15) is 5.56 Å². The van der Waals surface area contributed by atoms with Crippen molar-refractivity contribution in [2.45, 2.75) is 6.18 Å². The van der Waals surface area contributed by atoms with E-state index in [0.717, 1.165) is 12.3 Å². The predicted octanol–water partition coefficient (Wildman–Crippen LogP) is 2.88. The Kier molecular flexibility index (Phi) is 4.85. The minimum Gasteiger partial charge on any atom is -0.494 e. The summed E-state index contributed by atoms with van der Waals surface area (Å²) in [5.74, 6) is 1.50. The lowest BCUT2D eigenvalue weighted by atomic mass is 10.2. The minimum absolute atomic E-state index is 0.0102. The number of halogens is 4. The molecule has 1 saturated heterocycles. The van der Waals surface area contributed by atoms with E-state index in [0.29, 0.717) is 43.7 Å². The van der Waals surface area contributed by atoms with Gasteiger partial charge in [0.2, 0.25) is 5.95 Å². The molecular weight excluding hydrogens is 359 g/mol. The Hall–Kier alpha value is -2.29. The summed E-state index contributed by atoms with van der Waals surface area (Å²) < 4.78 is 43.1. The molecule has 0 radical (unpaired) electrons. The zero-order chi connectivity index (χ0) is 18.0. The Labute approximate surface area is 147 Å². The zero-order valence-electron chi connectivity index (χ0n) is 13.3. The number of hydrogen-bond acceptors (Lipinski definition) is 6. The van der Waals surface area contributed by atoms with Gasteiger partial charge in [0.1, 0.15) is 5.82 Å². The molecule has 6 nitrogen and oxygen atoms in total. The summed E-state index contributed by atoms with van der Waals surface area (Å²) in [7, 11) is 1.54. The van der Waals surface area contributed by atoms with Crippen LogP contribution in [0.5, 0.6) is 5.75 Å². The monoisotopic (exact) mass is 373 g/mol. The van der Waals surface area contributed by atoms with Crippen molar-refractivity contribution in [3.05, 3.63) is 35.2 Å². The molecule has 3 rings (SSSR count). The number of ether oxygens (including phenoxy) is 1. The fraction of sp³-hybridized carbons (Fsp3) is 0.400. The Morgan fingerprint density at radius 3 is 2.12 bits per heavy atom. The molecule has 0 spiro atoms. The van der Waals surface area contributed by atoms with E-state index in [1.54, 1.807) is 12.4 Å². The number of hydrogen-bond donors (Lipinski definition) is 0. The molecule has 0 unspecified atom stereocenters. The molecule has 0 bridgehead atoms. The lowest BCUT2D eigenvalue weighted by Crippen LogP contribution is -2.47. The van der Waals surface area contributed by atoms with Crippen molar-refractivity contribution >= 4 is 23.4 Å². The van der Waals surface area contributed by atoms with Crippen molar-refractivity contribution in [2.75, 3.05) is 43.1 Å². The second kappa shape index (κ2) is 6.91. The van der Waals surface area contributed by atoms with E-state index >= 15 is 0 Å². The van der Waals surface area contributed by atoms with E-state index in [2.05, 4.69) is 15.0 Å². The van der Waals surface area contributed by atoms with Crippen molar-refractivity contribution in [3.8, 4) is 5.75 Å². The van der Waals surface area contributed by atoms with Crippen LogP contribution in [0.2, 0.25) is 5.02 Å². The first-order chi connectivity index (χ1) is 11.9. The molecular formula is C15H15ClF3N5O. The van der Waals surface area contributed by atoms with E-state index in [1.165, 1.54) is 7.11 Å². The van der Waals surface area contributed by atoms with Crippen LogP contribution in [0.25, 0.3) is 0 Å². The van der Waals surface area contributed by atoms with Crippen LogP contribution in [-0.4, -0.2) is 48.2 Å². The molecule has 3 heterocycles. The molecule has 0 aromatic carbocycles. The highest BCUT2D eigenvalue weighted by Crippen LogP contribution is 2.33. The Morgan fingerprint density at radius 2 is 1.60 bits per heavy atom. The van der Waals surface area contributed by atoms with Crippen molar-refractivity contribution in [3.63, 3.8) is 0 Å². The van der Waals surface area contributed by atoms with E-state index in [9.17, 15) is 13.2 Å². The van der Waals surface area contributed by atoms with Crippen LogP contribution in [-0.2, 0) is 6.18 Å². The van der Waals surface area contributed by atoms with Gasteiger partial charge < -0.3 is 14.5 Å². The number of aromatic nitrogens is 3. The maximum atomic E-state index is 12.7. The summed E-state index contributed by atoms with van der Waals surface area (Å²) in [6.45, 7) is 2.30. The van der Waals surface area contributed by atoms with Crippen LogP contribution in [0.4, 0.5) is 24.9 Å². The highest BCUT2D eigenvalue weighted by Gasteiger charge is 2.32. The van der Waals surface area contributed by atoms with Gasteiger partial charge in [0.15, 0.2) is 5.75 Å². The summed E-state index contributed by atoms with van der Waals surface area (Å²) >= 11 is 6.00. The average Bonchev–Trinajstić information content (AvgIpc) is 2.61. The summed E-state index contributed by atoms with van der Waals surface area (Å²) in [6.07, 6.45) is -0.480. The first kappa shape index (κ1) is 17.5. The molecule has 0 aliphatic carbocycles. The topological polar surface area (TPSA) is 54.4 Å². The summed E-state index contributed by atoms with van der Waals surface area (Å²) in [4.78, 5) is 16.2. The Morgan fingerprint density at radius 1 is 1.00 bits per heavy atom. The number of piperazine rings is 1. The fourth-order valence-corrected chi connectivity index (χ4v) is 2.80. The molecule has 0 atom stereocenters. The van der Waals surface area contributed by atoms with E-state index in [4.69, 9.17) is 16.3 Å². The molecule has 25 heavy (non-hydrogen) atoms. The third-order valence-electron chi connectivity index (χ3n) is 3.86.